The first kappa shape index (κ1) is 19.8. The molecule has 3 rings (SSSR count). The molecule has 4 nitrogen and oxygen atoms in total. The van der Waals surface area contributed by atoms with Crippen molar-refractivity contribution in [2.24, 2.45) is 0 Å². The van der Waals surface area contributed by atoms with E-state index in [0.29, 0.717) is 24.3 Å². The molecular formula is C24H25NO3. The summed E-state index contributed by atoms with van der Waals surface area (Å²) in [4.78, 5) is 12.8. The first-order chi connectivity index (χ1) is 13.6. The molecular weight excluding hydrogens is 350 g/mol. The van der Waals surface area contributed by atoms with Crippen LogP contribution in [0.2, 0.25) is 0 Å². The third-order valence-corrected chi connectivity index (χ3v) is 4.63. The minimum atomic E-state index is -0.624. The molecule has 2 atom stereocenters. The predicted octanol–water partition coefficient (Wildman–Crippen LogP) is 4.49. The molecule has 0 radical (unpaired) electrons. The van der Waals surface area contributed by atoms with E-state index in [2.05, 4.69) is 5.32 Å². The molecule has 4 heteroatoms. The molecule has 0 bridgehead atoms. The molecule has 0 amide bonds. The molecule has 0 aliphatic rings. The molecule has 2 unspecified atom stereocenters. The van der Waals surface area contributed by atoms with Gasteiger partial charge in [0.1, 0.15) is 5.76 Å². The highest BCUT2D eigenvalue weighted by molar-refractivity contribution is 6.24. The molecule has 144 valence electrons. The van der Waals surface area contributed by atoms with Gasteiger partial charge in [-0.05, 0) is 36.3 Å². The topological polar surface area (TPSA) is 62.5 Å². The van der Waals surface area contributed by atoms with Crippen molar-refractivity contribution >= 4 is 17.4 Å². The Balaban J connectivity index is 1.62. The summed E-state index contributed by atoms with van der Waals surface area (Å²) in [6.45, 7) is 2.38. The molecule has 3 aromatic rings. The third-order valence-electron chi connectivity index (χ3n) is 4.63. The second-order valence-corrected chi connectivity index (χ2v) is 6.72. The minimum Gasteiger partial charge on any atom is -0.464 e. The first-order valence-corrected chi connectivity index (χ1v) is 9.45. The molecule has 28 heavy (non-hydrogen) atoms. The van der Waals surface area contributed by atoms with Gasteiger partial charge in [0.15, 0.2) is 5.78 Å². The molecule has 2 N–H and O–H groups in total. The number of furan rings is 1. The van der Waals surface area contributed by atoms with E-state index >= 15 is 0 Å². The monoisotopic (exact) mass is 375 g/mol. The van der Waals surface area contributed by atoms with E-state index in [1.54, 1.807) is 18.4 Å². The van der Waals surface area contributed by atoms with Gasteiger partial charge in [-0.1, -0.05) is 60.7 Å². The first-order valence-electron chi connectivity index (χ1n) is 9.45. The average Bonchev–Trinajstić information content (AvgIpc) is 3.27. The number of rotatable bonds is 9. The van der Waals surface area contributed by atoms with Gasteiger partial charge < -0.3 is 14.8 Å². The van der Waals surface area contributed by atoms with E-state index in [4.69, 9.17) is 4.42 Å². The van der Waals surface area contributed by atoms with Crippen LogP contribution in [0.1, 0.15) is 36.3 Å². The van der Waals surface area contributed by atoms with Crippen molar-refractivity contribution in [1.29, 1.82) is 0 Å². The van der Waals surface area contributed by atoms with Crippen LogP contribution in [0.25, 0.3) is 11.6 Å². The highest BCUT2D eigenvalue weighted by Crippen LogP contribution is 2.21. The Morgan fingerprint density at radius 1 is 1.04 bits per heavy atom. The summed E-state index contributed by atoms with van der Waals surface area (Å²) in [6, 6.07) is 22.6. The average molecular weight is 375 g/mol. The third kappa shape index (κ3) is 5.28. The van der Waals surface area contributed by atoms with Gasteiger partial charge in [0.05, 0.1) is 17.9 Å². The van der Waals surface area contributed by atoms with Gasteiger partial charge in [0.25, 0.3) is 0 Å². The zero-order chi connectivity index (χ0) is 19.8. The summed E-state index contributed by atoms with van der Waals surface area (Å²) in [5.74, 6) is 0.555. The van der Waals surface area contributed by atoms with Gasteiger partial charge in [-0.2, -0.15) is 0 Å². The lowest BCUT2D eigenvalue weighted by molar-refractivity contribution is -0.113. The molecule has 0 aliphatic heterocycles. The highest BCUT2D eigenvalue weighted by atomic mass is 16.3. The van der Waals surface area contributed by atoms with Crippen LogP contribution in [-0.2, 0) is 4.79 Å². The molecule has 0 saturated carbocycles. The van der Waals surface area contributed by atoms with Gasteiger partial charge in [0.2, 0.25) is 0 Å². The molecule has 0 fully saturated rings. The Labute approximate surface area is 165 Å². The summed E-state index contributed by atoms with van der Waals surface area (Å²) in [5.41, 5.74) is 2.35. The number of aliphatic hydroxyl groups is 1. The second kappa shape index (κ2) is 9.83. The van der Waals surface area contributed by atoms with Crippen LogP contribution in [0.15, 0.2) is 83.5 Å². The van der Waals surface area contributed by atoms with Crippen LogP contribution in [0.4, 0.5) is 0 Å². The molecule has 2 aromatic carbocycles. The normalized spacial score (nSPS) is 13.9. The Bertz CT molecular complexity index is 886. The molecule has 0 saturated heterocycles. The number of allylic oxidation sites excluding steroid dienone is 1. The number of aliphatic hydroxyl groups excluding tert-OH is 1. The predicted molar refractivity (Wildman–Crippen MR) is 112 cm³/mol. The van der Waals surface area contributed by atoms with Crippen LogP contribution in [0.3, 0.4) is 0 Å². The largest absolute Gasteiger partial charge is 0.464 e. The van der Waals surface area contributed by atoms with Crippen molar-refractivity contribution in [3.63, 3.8) is 0 Å². The van der Waals surface area contributed by atoms with Crippen LogP contribution < -0.4 is 5.32 Å². The van der Waals surface area contributed by atoms with Crippen LogP contribution in [0, 0.1) is 0 Å². The van der Waals surface area contributed by atoms with Crippen molar-refractivity contribution in [3.05, 3.63) is 95.9 Å². The van der Waals surface area contributed by atoms with Crippen LogP contribution >= 0.6 is 0 Å². The fraction of sp³-hybridized carbons (Fsp3) is 0.208. The summed E-state index contributed by atoms with van der Waals surface area (Å²) in [6.07, 6.45) is 3.10. The van der Waals surface area contributed by atoms with Gasteiger partial charge >= 0.3 is 0 Å². The van der Waals surface area contributed by atoms with E-state index in [9.17, 15) is 9.90 Å². The van der Waals surface area contributed by atoms with E-state index in [0.717, 1.165) is 11.1 Å². The Morgan fingerprint density at radius 3 is 2.36 bits per heavy atom. The smallest absolute Gasteiger partial charge is 0.167 e. The molecule has 1 aromatic heterocycles. The van der Waals surface area contributed by atoms with Crippen LogP contribution in [0.5, 0.6) is 0 Å². The Hall–Kier alpha value is -2.95. The van der Waals surface area contributed by atoms with Gasteiger partial charge in [-0.3, -0.25) is 4.79 Å². The van der Waals surface area contributed by atoms with E-state index in [1.165, 1.54) is 0 Å². The fourth-order valence-corrected chi connectivity index (χ4v) is 3.04. The van der Waals surface area contributed by atoms with E-state index < -0.39 is 6.10 Å². The fourth-order valence-electron chi connectivity index (χ4n) is 3.04. The molecule has 1 heterocycles. The zero-order valence-corrected chi connectivity index (χ0v) is 15.9. The summed E-state index contributed by atoms with van der Waals surface area (Å²) in [7, 11) is 0. The summed E-state index contributed by atoms with van der Waals surface area (Å²) >= 11 is 0. The van der Waals surface area contributed by atoms with Crippen molar-refractivity contribution < 1.29 is 14.3 Å². The summed E-state index contributed by atoms with van der Waals surface area (Å²) < 4.78 is 5.46. The number of hydrogen-bond acceptors (Lipinski definition) is 4. The maximum atomic E-state index is 12.8. The number of carbonyl (C=O) groups is 1. The summed E-state index contributed by atoms with van der Waals surface area (Å²) in [5, 5.41) is 13.7. The minimum absolute atomic E-state index is 0.00676. The number of benzene rings is 2. The number of carbonyl (C=O) groups excluding carboxylic acids is 1. The van der Waals surface area contributed by atoms with Gasteiger partial charge in [0, 0.05) is 19.0 Å². The number of nitrogens with one attached hydrogen (secondary N) is 1. The van der Waals surface area contributed by atoms with Crippen molar-refractivity contribution in [1.82, 2.24) is 5.32 Å². The van der Waals surface area contributed by atoms with Crippen molar-refractivity contribution in [2.75, 3.05) is 6.54 Å². The maximum Gasteiger partial charge on any atom is 0.167 e. The lowest BCUT2D eigenvalue weighted by atomic mass is 10.0. The zero-order valence-electron chi connectivity index (χ0n) is 15.9. The number of ketones is 1. The van der Waals surface area contributed by atoms with Gasteiger partial charge in [-0.25, -0.2) is 0 Å². The Kier molecular flexibility index (Phi) is 6.95. The second-order valence-electron chi connectivity index (χ2n) is 6.72. The molecule has 0 aliphatic carbocycles. The lowest BCUT2D eigenvalue weighted by Crippen LogP contribution is -2.33. The number of Topliss-reactive ketones (excluding diaryl/α,β-unsaturated/α-hetero) is 1. The van der Waals surface area contributed by atoms with Gasteiger partial charge in [-0.15, -0.1) is 0 Å². The number of hydrogen-bond donors (Lipinski definition) is 2. The molecule has 0 spiro atoms. The van der Waals surface area contributed by atoms with E-state index in [-0.39, 0.29) is 11.8 Å². The van der Waals surface area contributed by atoms with Crippen molar-refractivity contribution in [3.8, 4) is 0 Å². The Morgan fingerprint density at radius 2 is 1.71 bits per heavy atom. The SMILES string of the molecule is CC(NCCC(=O)/C(=C/c1ccccc1)c1ccco1)C(O)c1ccccc1. The standard InChI is InChI=1S/C24H25NO3/c1-18(24(27)20-11-6-3-7-12-20)25-15-14-22(26)21(23-13-8-16-28-23)17-19-9-4-2-5-10-19/h2-13,16-18,24-25,27H,14-15H2,1H3/b21-17-. The van der Waals surface area contributed by atoms with Crippen molar-refractivity contribution in [2.45, 2.75) is 25.5 Å². The quantitative estimate of drug-likeness (QED) is 0.541. The van der Waals surface area contributed by atoms with E-state index in [1.807, 2.05) is 73.7 Å². The highest BCUT2D eigenvalue weighted by Gasteiger charge is 2.18. The maximum absolute atomic E-state index is 12.8. The lowest BCUT2D eigenvalue weighted by Gasteiger charge is -2.20. The van der Waals surface area contributed by atoms with Crippen LogP contribution in [-0.4, -0.2) is 23.5 Å².